The summed E-state index contributed by atoms with van der Waals surface area (Å²) >= 11 is 0. The van der Waals surface area contributed by atoms with E-state index in [1.165, 1.54) is 28.7 Å². The Balaban J connectivity index is 0. The molecule has 0 radical (unpaired) electrons. The molecule has 0 amide bonds. The first-order chi connectivity index (χ1) is 27.7. The van der Waals surface area contributed by atoms with Gasteiger partial charge in [-0.1, -0.05) is 178 Å². The first-order valence-corrected chi connectivity index (χ1v) is 23.6. The van der Waals surface area contributed by atoms with Gasteiger partial charge in [-0.2, -0.15) is 0 Å². The largest absolute Gasteiger partial charge is 0.381 e. The van der Waals surface area contributed by atoms with Crippen molar-refractivity contribution in [1.29, 1.82) is 0 Å². The Kier molecular flexibility index (Phi) is 30.2. The Morgan fingerprint density at radius 2 is 0.902 bits per heavy atom. The van der Waals surface area contributed by atoms with Crippen LogP contribution in [0.1, 0.15) is 195 Å². The Morgan fingerprint density at radius 3 is 1.36 bits per heavy atom. The molecule has 0 saturated carbocycles. The van der Waals surface area contributed by atoms with Crippen molar-refractivity contribution in [2.75, 3.05) is 52.9 Å². The summed E-state index contributed by atoms with van der Waals surface area (Å²) in [5.41, 5.74) is 7.94. The standard InChI is InChI=1S/C25H45N3O2.C17H34O2.C12H24/c1-21(11-9-17-30-20-24(3,4)5)13-14-23-19-28(27-26-23)15-18-29-16-10-12-22(2)25(6,7)8;1-15(17(5,6)7)9-8-11-18-13-14-19-12-10-16(2,3)4;1-10(12(5,6)7)8-9-11(2,3)4/h19H,1-2,9-18,20H2,3-8H3;1,8-14H2,2-7H3;1,8-9H2,2-7H3. The second-order valence-corrected chi connectivity index (χ2v) is 23.9. The third-order valence-electron chi connectivity index (χ3n) is 10.4. The van der Waals surface area contributed by atoms with E-state index in [9.17, 15) is 0 Å². The van der Waals surface area contributed by atoms with Crippen LogP contribution in [-0.4, -0.2) is 67.8 Å². The lowest BCUT2D eigenvalue weighted by atomic mass is 9.80. The fourth-order valence-corrected chi connectivity index (χ4v) is 5.18. The predicted octanol–water partition coefficient (Wildman–Crippen LogP) is 15.3. The van der Waals surface area contributed by atoms with Crippen LogP contribution in [0.3, 0.4) is 0 Å². The molecule has 1 heterocycles. The lowest BCUT2D eigenvalue weighted by molar-refractivity contribution is 0.0379. The number of aromatic nitrogens is 3. The zero-order valence-electron chi connectivity index (χ0n) is 44.0. The Bertz CT molecular complexity index is 1330. The molecule has 0 N–H and O–H groups in total. The molecule has 61 heavy (non-hydrogen) atoms. The highest BCUT2D eigenvalue weighted by atomic mass is 16.5. The second-order valence-electron chi connectivity index (χ2n) is 23.9. The van der Waals surface area contributed by atoms with Crippen LogP contribution in [-0.2, 0) is 31.9 Å². The molecular formula is C54H103N3O4. The molecule has 1 aromatic heterocycles. The summed E-state index contributed by atoms with van der Waals surface area (Å²) in [7, 11) is 0. The number of allylic oxidation sites excluding steroid dienone is 4. The van der Waals surface area contributed by atoms with Gasteiger partial charge in [-0.05, 0) is 103 Å². The summed E-state index contributed by atoms with van der Waals surface area (Å²) in [4.78, 5) is 0. The molecule has 0 spiro atoms. The van der Waals surface area contributed by atoms with Crippen molar-refractivity contribution >= 4 is 0 Å². The van der Waals surface area contributed by atoms with E-state index in [-0.39, 0.29) is 21.7 Å². The number of rotatable bonds is 26. The maximum atomic E-state index is 5.74. The summed E-state index contributed by atoms with van der Waals surface area (Å²) in [5.74, 6) is 0. The molecule has 0 fully saturated rings. The highest BCUT2D eigenvalue weighted by molar-refractivity contribution is 5.06. The van der Waals surface area contributed by atoms with Crippen LogP contribution in [0.15, 0.2) is 54.8 Å². The average Bonchev–Trinajstić information content (AvgIpc) is 3.55. The minimum absolute atomic E-state index is 0.183. The monoisotopic (exact) mass is 858 g/mol. The van der Waals surface area contributed by atoms with Gasteiger partial charge in [-0.3, -0.25) is 0 Å². The first kappa shape index (κ1) is 61.0. The minimum Gasteiger partial charge on any atom is -0.381 e. The molecule has 7 heteroatoms. The van der Waals surface area contributed by atoms with Crippen LogP contribution in [0.5, 0.6) is 0 Å². The van der Waals surface area contributed by atoms with Gasteiger partial charge < -0.3 is 18.9 Å². The molecule has 0 atom stereocenters. The number of hydrogen-bond donors (Lipinski definition) is 0. The molecule has 1 aromatic rings. The summed E-state index contributed by atoms with van der Waals surface area (Å²) in [6.07, 6.45) is 13.5. The Morgan fingerprint density at radius 1 is 0.475 bits per heavy atom. The van der Waals surface area contributed by atoms with Crippen molar-refractivity contribution in [3.63, 3.8) is 0 Å². The van der Waals surface area contributed by atoms with Gasteiger partial charge >= 0.3 is 0 Å². The third-order valence-corrected chi connectivity index (χ3v) is 10.4. The zero-order chi connectivity index (χ0) is 47.6. The first-order valence-electron chi connectivity index (χ1n) is 23.6. The normalized spacial score (nSPS) is 12.6. The van der Waals surface area contributed by atoms with E-state index in [1.807, 2.05) is 10.9 Å². The quantitative estimate of drug-likeness (QED) is 0.0683. The number of ether oxygens (including phenoxy) is 4. The summed E-state index contributed by atoms with van der Waals surface area (Å²) in [6.45, 7) is 63.5. The second kappa shape index (κ2) is 30.1. The van der Waals surface area contributed by atoms with Gasteiger partial charge in [0.15, 0.2) is 0 Å². The smallest absolute Gasteiger partial charge is 0.0830 e. The number of hydrogen-bond acceptors (Lipinski definition) is 6. The SMILES string of the molecule is C=C(CCC(C)(C)C)C(C)(C)C.C=C(CCCOCC(C)(C)C)CCc1cn(CCOCCCC(=C)C(C)(C)C)nn1.C=C(CCCOCCOCCC(C)(C)C)C(C)(C)C. The molecule has 0 saturated heterocycles. The van der Waals surface area contributed by atoms with E-state index in [0.717, 1.165) is 109 Å². The van der Waals surface area contributed by atoms with Gasteiger partial charge in [0.25, 0.3) is 0 Å². The van der Waals surface area contributed by atoms with Crippen LogP contribution in [0.2, 0.25) is 0 Å². The van der Waals surface area contributed by atoms with Crippen LogP contribution >= 0.6 is 0 Å². The summed E-state index contributed by atoms with van der Waals surface area (Å²) in [5, 5.41) is 8.48. The Labute approximate surface area is 380 Å². The molecule has 0 aliphatic carbocycles. The molecule has 0 aliphatic rings. The van der Waals surface area contributed by atoms with Crippen molar-refractivity contribution in [2.45, 2.75) is 202 Å². The molecule has 0 aromatic carbocycles. The van der Waals surface area contributed by atoms with E-state index in [2.05, 4.69) is 161 Å². The van der Waals surface area contributed by atoms with Crippen LogP contribution in [0.4, 0.5) is 0 Å². The minimum atomic E-state index is 0.183. The molecule has 0 aliphatic heterocycles. The highest BCUT2D eigenvalue weighted by Crippen LogP contribution is 2.32. The van der Waals surface area contributed by atoms with Gasteiger partial charge in [0, 0.05) is 32.6 Å². The van der Waals surface area contributed by atoms with E-state index >= 15 is 0 Å². The summed E-state index contributed by atoms with van der Waals surface area (Å²) < 4.78 is 24.4. The van der Waals surface area contributed by atoms with Gasteiger partial charge in [0.05, 0.1) is 38.7 Å². The van der Waals surface area contributed by atoms with Crippen LogP contribution in [0.25, 0.3) is 0 Å². The Hall–Kier alpha value is -2.06. The zero-order valence-corrected chi connectivity index (χ0v) is 44.0. The van der Waals surface area contributed by atoms with Crippen molar-refractivity contribution in [1.82, 2.24) is 15.0 Å². The van der Waals surface area contributed by atoms with E-state index < -0.39 is 0 Å². The molecular weight excluding hydrogens is 755 g/mol. The van der Waals surface area contributed by atoms with Gasteiger partial charge in [-0.25, -0.2) is 4.68 Å². The van der Waals surface area contributed by atoms with Crippen LogP contribution in [0, 0.1) is 32.5 Å². The van der Waals surface area contributed by atoms with Crippen molar-refractivity contribution < 1.29 is 18.9 Å². The van der Waals surface area contributed by atoms with E-state index in [1.54, 1.807) is 0 Å². The topological polar surface area (TPSA) is 67.6 Å². The molecule has 0 unspecified atom stereocenters. The van der Waals surface area contributed by atoms with E-state index in [4.69, 9.17) is 18.9 Å². The molecule has 0 bridgehead atoms. The lowest BCUT2D eigenvalue weighted by Crippen LogP contribution is -2.15. The van der Waals surface area contributed by atoms with E-state index in [0.29, 0.717) is 30.7 Å². The maximum absolute atomic E-state index is 5.74. The van der Waals surface area contributed by atoms with Crippen molar-refractivity contribution in [2.24, 2.45) is 32.5 Å². The van der Waals surface area contributed by atoms with Gasteiger partial charge in [0.1, 0.15) is 0 Å². The lowest BCUT2D eigenvalue weighted by Gasteiger charge is -2.25. The van der Waals surface area contributed by atoms with Gasteiger partial charge in [0.2, 0.25) is 0 Å². The maximum Gasteiger partial charge on any atom is 0.0830 e. The fraction of sp³-hybridized carbons (Fsp3) is 0.815. The fourth-order valence-electron chi connectivity index (χ4n) is 5.18. The third kappa shape index (κ3) is 40.5. The van der Waals surface area contributed by atoms with Gasteiger partial charge in [-0.15, -0.1) is 5.10 Å². The molecule has 1 rings (SSSR count). The number of aryl methyl sites for hydroxylation is 1. The average molecular weight is 858 g/mol. The van der Waals surface area contributed by atoms with Crippen molar-refractivity contribution in [3.8, 4) is 0 Å². The molecule has 358 valence electrons. The molecule has 7 nitrogen and oxygen atoms in total. The predicted molar refractivity (Wildman–Crippen MR) is 266 cm³/mol. The number of nitrogens with zero attached hydrogens (tertiary/aromatic N) is 3. The summed E-state index contributed by atoms with van der Waals surface area (Å²) in [6, 6.07) is 0. The highest BCUT2D eigenvalue weighted by Gasteiger charge is 2.18. The van der Waals surface area contributed by atoms with Crippen molar-refractivity contribution in [3.05, 3.63) is 60.5 Å². The van der Waals surface area contributed by atoms with Crippen LogP contribution < -0.4 is 0 Å².